The summed E-state index contributed by atoms with van der Waals surface area (Å²) < 4.78 is 13.8. The maximum absolute atomic E-state index is 13.8. The zero-order valence-corrected chi connectivity index (χ0v) is 15.6. The summed E-state index contributed by atoms with van der Waals surface area (Å²) >= 11 is 1.32. The Hall–Kier alpha value is -2.92. The van der Waals surface area contributed by atoms with Crippen LogP contribution in [0.5, 0.6) is 0 Å². The van der Waals surface area contributed by atoms with E-state index in [1.165, 1.54) is 30.8 Å². The first-order valence-electron chi connectivity index (χ1n) is 8.30. The van der Waals surface area contributed by atoms with E-state index in [9.17, 15) is 19.2 Å². The predicted octanol–water partition coefficient (Wildman–Crippen LogP) is 3.90. The van der Waals surface area contributed by atoms with Gasteiger partial charge in [0.25, 0.3) is 5.91 Å². The van der Waals surface area contributed by atoms with E-state index >= 15 is 0 Å². The van der Waals surface area contributed by atoms with Crippen molar-refractivity contribution in [1.29, 1.82) is 5.26 Å². The molecule has 138 valence electrons. The highest BCUT2D eigenvalue weighted by molar-refractivity contribution is 7.98. The van der Waals surface area contributed by atoms with Crippen LogP contribution in [0.3, 0.4) is 0 Å². The number of rotatable bonds is 5. The van der Waals surface area contributed by atoms with E-state index in [0.29, 0.717) is 16.6 Å². The number of benzene rings is 1. The minimum atomic E-state index is -0.606. The number of nitriles is 1. The molecule has 8 heteroatoms. The summed E-state index contributed by atoms with van der Waals surface area (Å²) in [5.41, 5.74) is 1.54. The summed E-state index contributed by atoms with van der Waals surface area (Å²) in [4.78, 5) is 28.5. The van der Waals surface area contributed by atoms with Crippen LogP contribution in [-0.4, -0.2) is 23.1 Å². The van der Waals surface area contributed by atoms with Crippen LogP contribution in [-0.2, 0) is 4.79 Å². The van der Waals surface area contributed by atoms with E-state index in [1.807, 2.05) is 0 Å². The Morgan fingerprint density at radius 2 is 2.04 bits per heavy atom. The molecule has 0 aliphatic heterocycles. The third kappa shape index (κ3) is 4.26. The molecule has 0 spiro atoms. The minimum Gasteiger partial charge on any atom is -0.324 e. The number of anilines is 2. The molecular weight excluding hydrogens is 367 g/mol. The van der Waals surface area contributed by atoms with Crippen molar-refractivity contribution in [2.24, 2.45) is 0 Å². The van der Waals surface area contributed by atoms with Gasteiger partial charge < -0.3 is 10.6 Å². The fraction of sp³-hybridized carbons (Fsp3) is 0.263. The highest BCUT2D eigenvalue weighted by Crippen LogP contribution is 2.40. The van der Waals surface area contributed by atoms with Crippen LogP contribution < -0.4 is 10.6 Å². The lowest BCUT2D eigenvalue weighted by Crippen LogP contribution is -2.16. The second-order valence-electron chi connectivity index (χ2n) is 6.19. The largest absolute Gasteiger partial charge is 0.324 e. The lowest BCUT2D eigenvalue weighted by atomic mass is 10.1. The van der Waals surface area contributed by atoms with Crippen LogP contribution in [0.25, 0.3) is 0 Å². The van der Waals surface area contributed by atoms with Gasteiger partial charge in [0, 0.05) is 24.2 Å². The van der Waals surface area contributed by atoms with Gasteiger partial charge in [0.2, 0.25) is 5.91 Å². The number of pyridine rings is 1. The number of nitrogens with zero attached hydrogens (tertiary/aromatic N) is 2. The molecule has 27 heavy (non-hydrogen) atoms. The summed E-state index contributed by atoms with van der Waals surface area (Å²) in [6.07, 6.45) is 3.85. The molecule has 1 aromatic carbocycles. The molecule has 1 saturated carbocycles. The number of carbonyl (C=O) groups is 2. The topological polar surface area (TPSA) is 94.9 Å². The van der Waals surface area contributed by atoms with Crippen LogP contribution in [0, 0.1) is 17.1 Å². The third-order valence-corrected chi connectivity index (χ3v) is 4.77. The molecule has 2 amide bonds. The van der Waals surface area contributed by atoms with Gasteiger partial charge in [-0.15, -0.1) is 11.8 Å². The van der Waals surface area contributed by atoms with E-state index in [-0.39, 0.29) is 16.8 Å². The zero-order chi connectivity index (χ0) is 19.6. The standard InChI is InChI=1S/C19H17FN4O2S/c1-10(25)22-17-7-12(5-6-15(17)20)23-18(26)13-8-16(11-3-4-11)24-19(27-2)14(13)9-21/h5-8,11H,3-4H2,1-2H3,(H,22,25)(H,23,26). The van der Waals surface area contributed by atoms with Crippen molar-refractivity contribution in [1.82, 2.24) is 4.98 Å². The number of thioether (sulfide) groups is 1. The Labute approximate surface area is 160 Å². The normalized spacial score (nSPS) is 13.0. The molecule has 0 radical (unpaired) electrons. The second kappa shape index (κ2) is 7.76. The molecule has 1 aliphatic carbocycles. The Balaban J connectivity index is 1.93. The molecule has 6 nitrogen and oxygen atoms in total. The maximum Gasteiger partial charge on any atom is 0.257 e. The van der Waals surface area contributed by atoms with E-state index in [2.05, 4.69) is 21.7 Å². The number of nitrogens with one attached hydrogen (secondary N) is 2. The van der Waals surface area contributed by atoms with Crippen molar-refractivity contribution in [3.8, 4) is 6.07 Å². The molecule has 1 fully saturated rings. The molecule has 0 bridgehead atoms. The number of hydrogen-bond donors (Lipinski definition) is 2. The van der Waals surface area contributed by atoms with Gasteiger partial charge in [-0.05, 0) is 43.4 Å². The summed E-state index contributed by atoms with van der Waals surface area (Å²) in [6, 6.07) is 7.59. The lowest BCUT2D eigenvalue weighted by Gasteiger charge is -2.12. The van der Waals surface area contributed by atoms with Gasteiger partial charge in [0.15, 0.2) is 0 Å². The van der Waals surface area contributed by atoms with Crippen molar-refractivity contribution < 1.29 is 14.0 Å². The van der Waals surface area contributed by atoms with Crippen LogP contribution in [0.4, 0.5) is 15.8 Å². The number of amides is 2. The molecule has 1 heterocycles. The Morgan fingerprint density at radius 3 is 2.63 bits per heavy atom. The van der Waals surface area contributed by atoms with Gasteiger partial charge in [-0.2, -0.15) is 5.26 Å². The van der Waals surface area contributed by atoms with Crippen molar-refractivity contribution in [3.63, 3.8) is 0 Å². The molecule has 0 atom stereocenters. The SMILES string of the molecule is CSc1nc(C2CC2)cc(C(=O)Nc2ccc(F)c(NC(C)=O)c2)c1C#N. The van der Waals surface area contributed by atoms with Gasteiger partial charge >= 0.3 is 0 Å². The highest BCUT2D eigenvalue weighted by atomic mass is 32.2. The van der Waals surface area contributed by atoms with E-state index < -0.39 is 17.6 Å². The molecule has 3 rings (SSSR count). The van der Waals surface area contributed by atoms with Gasteiger partial charge in [-0.1, -0.05) is 0 Å². The quantitative estimate of drug-likeness (QED) is 0.763. The van der Waals surface area contributed by atoms with E-state index in [1.54, 1.807) is 12.3 Å². The average molecular weight is 384 g/mol. The highest BCUT2D eigenvalue weighted by Gasteiger charge is 2.28. The fourth-order valence-electron chi connectivity index (χ4n) is 2.65. The second-order valence-corrected chi connectivity index (χ2v) is 6.99. The predicted molar refractivity (Wildman–Crippen MR) is 101 cm³/mol. The van der Waals surface area contributed by atoms with Crippen LogP contribution in [0.2, 0.25) is 0 Å². The van der Waals surface area contributed by atoms with E-state index in [0.717, 1.165) is 24.6 Å². The molecule has 1 aliphatic rings. The van der Waals surface area contributed by atoms with Gasteiger partial charge in [0.05, 0.1) is 16.8 Å². The Bertz CT molecular complexity index is 967. The first-order chi connectivity index (χ1) is 12.9. The van der Waals surface area contributed by atoms with Crippen LogP contribution in [0.15, 0.2) is 29.3 Å². The minimum absolute atomic E-state index is 0.0287. The summed E-state index contributed by atoms with van der Waals surface area (Å²) in [7, 11) is 0. The summed E-state index contributed by atoms with van der Waals surface area (Å²) in [5, 5.41) is 15.0. The molecule has 0 unspecified atom stereocenters. The van der Waals surface area contributed by atoms with Crippen molar-refractivity contribution in [2.75, 3.05) is 16.9 Å². The molecule has 1 aromatic heterocycles. The summed E-state index contributed by atoms with van der Waals surface area (Å²) in [6.45, 7) is 1.27. The first kappa shape index (κ1) is 18.9. The van der Waals surface area contributed by atoms with Crippen LogP contribution in [0.1, 0.15) is 47.3 Å². The van der Waals surface area contributed by atoms with Gasteiger partial charge in [-0.25, -0.2) is 9.37 Å². The first-order valence-corrected chi connectivity index (χ1v) is 9.53. The summed E-state index contributed by atoms with van der Waals surface area (Å²) in [5.74, 6) is -1.18. The van der Waals surface area contributed by atoms with Gasteiger partial charge in [0.1, 0.15) is 16.9 Å². The fourth-order valence-corrected chi connectivity index (χ4v) is 3.21. The molecule has 2 N–H and O–H groups in total. The van der Waals surface area contributed by atoms with Crippen molar-refractivity contribution >= 4 is 35.0 Å². The van der Waals surface area contributed by atoms with Crippen LogP contribution >= 0.6 is 11.8 Å². The zero-order valence-electron chi connectivity index (χ0n) is 14.8. The van der Waals surface area contributed by atoms with Crippen molar-refractivity contribution in [3.05, 3.63) is 46.9 Å². The smallest absolute Gasteiger partial charge is 0.257 e. The monoisotopic (exact) mass is 384 g/mol. The average Bonchev–Trinajstić information content (AvgIpc) is 3.48. The molecule has 2 aromatic rings. The maximum atomic E-state index is 13.8. The molecular formula is C19H17FN4O2S. The van der Waals surface area contributed by atoms with Gasteiger partial charge in [-0.3, -0.25) is 9.59 Å². The molecule has 0 saturated heterocycles. The van der Waals surface area contributed by atoms with E-state index in [4.69, 9.17) is 0 Å². The number of hydrogen-bond acceptors (Lipinski definition) is 5. The lowest BCUT2D eigenvalue weighted by molar-refractivity contribution is -0.114. The Kier molecular flexibility index (Phi) is 5.42. The van der Waals surface area contributed by atoms with Crippen molar-refractivity contribution in [2.45, 2.75) is 30.7 Å². The third-order valence-electron chi connectivity index (χ3n) is 4.09. The Morgan fingerprint density at radius 1 is 1.30 bits per heavy atom. The number of halogens is 1. The number of carbonyl (C=O) groups excluding carboxylic acids is 2. The number of aromatic nitrogens is 1.